The fraction of sp³-hybridized carbons (Fsp3) is 0.0870. The van der Waals surface area contributed by atoms with Crippen molar-refractivity contribution in [2.24, 2.45) is 0 Å². The Morgan fingerprint density at radius 2 is 1.67 bits per heavy atom. The van der Waals surface area contributed by atoms with Crippen molar-refractivity contribution in [3.8, 4) is 17.2 Å². The van der Waals surface area contributed by atoms with Gasteiger partial charge < -0.3 is 14.0 Å². The molecule has 4 rings (SSSR count). The SMILES string of the molecule is COc1ccc(C(=O)c2ccccc2-n2c[c]c3ccccc32)c(OC)c1. The van der Waals surface area contributed by atoms with Crippen molar-refractivity contribution in [1.82, 2.24) is 4.57 Å². The number of carbonyl (C=O) groups excluding carboxylic acids is 1. The van der Waals surface area contributed by atoms with Gasteiger partial charge in [0.1, 0.15) is 11.5 Å². The molecule has 133 valence electrons. The first-order chi connectivity index (χ1) is 13.2. The maximum atomic E-state index is 13.3. The summed E-state index contributed by atoms with van der Waals surface area (Å²) in [6.45, 7) is 0. The first kappa shape index (κ1) is 16.9. The molecule has 0 atom stereocenters. The van der Waals surface area contributed by atoms with Crippen molar-refractivity contribution < 1.29 is 14.3 Å². The molecular formula is C23H18NO3. The van der Waals surface area contributed by atoms with Gasteiger partial charge in [-0.15, -0.1) is 0 Å². The molecule has 0 saturated carbocycles. The molecule has 3 aromatic carbocycles. The predicted molar refractivity (Wildman–Crippen MR) is 105 cm³/mol. The van der Waals surface area contributed by atoms with Crippen LogP contribution in [0.4, 0.5) is 0 Å². The standard InChI is InChI=1S/C23H18NO3/c1-26-17-11-12-19(22(15-17)27-2)23(25)18-8-4-6-10-21(18)24-14-13-16-7-3-5-9-20(16)24/h3-12,14-15H,1-2H3. The lowest BCUT2D eigenvalue weighted by molar-refractivity contribution is 0.103. The minimum Gasteiger partial charge on any atom is -0.497 e. The maximum Gasteiger partial charge on any atom is 0.198 e. The topological polar surface area (TPSA) is 40.5 Å². The maximum absolute atomic E-state index is 13.3. The second-order valence-electron chi connectivity index (χ2n) is 6.07. The van der Waals surface area contributed by atoms with Gasteiger partial charge >= 0.3 is 0 Å². The second kappa shape index (κ2) is 7.00. The Hall–Kier alpha value is -3.53. The first-order valence-corrected chi connectivity index (χ1v) is 8.57. The third kappa shape index (κ3) is 2.95. The van der Waals surface area contributed by atoms with E-state index >= 15 is 0 Å². The van der Waals surface area contributed by atoms with Crippen LogP contribution in [0.1, 0.15) is 15.9 Å². The molecule has 0 unspecified atom stereocenters. The average Bonchev–Trinajstić information content (AvgIpc) is 3.16. The number of para-hydroxylation sites is 2. The number of ether oxygens (including phenoxy) is 2. The van der Waals surface area contributed by atoms with Crippen LogP contribution in [-0.2, 0) is 0 Å². The summed E-state index contributed by atoms with van der Waals surface area (Å²) in [5.41, 5.74) is 2.89. The number of ketones is 1. The van der Waals surface area contributed by atoms with E-state index in [2.05, 4.69) is 6.07 Å². The smallest absolute Gasteiger partial charge is 0.198 e. The Balaban J connectivity index is 1.86. The zero-order chi connectivity index (χ0) is 18.8. The fourth-order valence-corrected chi connectivity index (χ4v) is 3.22. The number of aromatic nitrogens is 1. The molecule has 4 nitrogen and oxygen atoms in total. The van der Waals surface area contributed by atoms with Crippen LogP contribution in [0.3, 0.4) is 0 Å². The Bertz CT molecular complexity index is 1130. The number of carbonyl (C=O) groups is 1. The van der Waals surface area contributed by atoms with E-state index in [1.54, 1.807) is 32.4 Å². The summed E-state index contributed by atoms with van der Waals surface area (Å²) >= 11 is 0. The molecule has 1 heterocycles. The summed E-state index contributed by atoms with van der Waals surface area (Å²) in [7, 11) is 3.13. The zero-order valence-corrected chi connectivity index (χ0v) is 15.1. The molecule has 0 aliphatic carbocycles. The van der Waals surface area contributed by atoms with Crippen molar-refractivity contribution in [3.05, 3.63) is 90.1 Å². The van der Waals surface area contributed by atoms with E-state index < -0.39 is 0 Å². The van der Waals surface area contributed by atoms with Gasteiger partial charge in [-0.2, -0.15) is 0 Å². The van der Waals surface area contributed by atoms with Gasteiger partial charge in [0.15, 0.2) is 5.78 Å². The van der Waals surface area contributed by atoms with Gasteiger partial charge in [0.25, 0.3) is 0 Å². The number of methoxy groups -OCH3 is 2. The Labute approximate surface area is 157 Å². The van der Waals surface area contributed by atoms with Crippen molar-refractivity contribution in [3.63, 3.8) is 0 Å². The summed E-state index contributed by atoms with van der Waals surface area (Å²) in [6.07, 6.45) is 1.86. The molecular weight excluding hydrogens is 338 g/mol. The summed E-state index contributed by atoms with van der Waals surface area (Å²) in [4.78, 5) is 13.3. The van der Waals surface area contributed by atoms with Gasteiger partial charge in [0.2, 0.25) is 0 Å². The molecule has 0 spiro atoms. The van der Waals surface area contributed by atoms with Gasteiger partial charge in [0, 0.05) is 29.3 Å². The lowest BCUT2D eigenvalue weighted by Gasteiger charge is -2.14. The van der Waals surface area contributed by atoms with E-state index in [0.717, 1.165) is 16.6 Å². The molecule has 0 aliphatic heterocycles. The van der Waals surface area contributed by atoms with E-state index in [0.29, 0.717) is 22.6 Å². The van der Waals surface area contributed by atoms with E-state index in [1.807, 2.05) is 59.3 Å². The monoisotopic (exact) mass is 356 g/mol. The highest BCUT2D eigenvalue weighted by Gasteiger charge is 2.19. The van der Waals surface area contributed by atoms with Crippen molar-refractivity contribution >= 4 is 16.7 Å². The Morgan fingerprint density at radius 1 is 0.889 bits per heavy atom. The van der Waals surface area contributed by atoms with Crippen molar-refractivity contribution in [2.75, 3.05) is 14.2 Å². The minimum absolute atomic E-state index is 0.108. The molecule has 0 bridgehead atoms. The highest BCUT2D eigenvalue weighted by Crippen LogP contribution is 2.29. The molecule has 4 heteroatoms. The fourth-order valence-electron chi connectivity index (χ4n) is 3.22. The van der Waals surface area contributed by atoms with E-state index in [9.17, 15) is 4.79 Å². The molecule has 0 amide bonds. The molecule has 0 N–H and O–H groups in total. The molecule has 1 aromatic heterocycles. The number of hydrogen-bond donors (Lipinski definition) is 0. The molecule has 0 saturated heterocycles. The van der Waals surface area contributed by atoms with Crippen LogP contribution >= 0.6 is 0 Å². The highest BCUT2D eigenvalue weighted by molar-refractivity contribution is 6.13. The van der Waals surface area contributed by atoms with E-state index in [4.69, 9.17) is 9.47 Å². The summed E-state index contributed by atoms with van der Waals surface area (Å²) in [5.74, 6) is 1.02. The van der Waals surface area contributed by atoms with Crippen LogP contribution in [0.5, 0.6) is 11.5 Å². The third-order valence-electron chi connectivity index (χ3n) is 4.57. The first-order valence-electron chi connectivity index (χ1n) is 8.57. The van der Waals surface area contributed by atoms with E-state index in [1.165, 1.54) is 0 Å². The second-order valence-corrected chi connectivity index (χ2v) is 6.07. The lowest BCUT2D eigenvalue weighted by Crippen LogP contribution is -2.08. The zero-order valence-electron chi connectivity index (χ0n) is 15.1. The number of rotatable bonds is 5. The average molecular weight is 356 g/mol. The number of nitrogens with zero attached hydrogens (tertiary/aromatic N) is 1. The number of benzene rings is 3. The molecule has 0 fully saturated rings. The van der Waals surface area contributed by atoms with Crippen LogP contribution in [0.2, 0.25) is 0 Å². The predicted octanol–water partition coefficient (Wildman–Crippen LogP) is 4.68. The molecule has 0 aliphatic rings. The lowest BCUT2D eigenvalue weighted by atomic mass is 10.0. The quantitative estimate of drug-likeness (QED) is 0.488. The van der Waals surface area contributed by atoms with Gasteiger partial charge in [-0.3, -0.25) is 4.79 Å². The highest BCUT2D eigenvalue weighted by atomic mass is 16.5. The summed E-state index contributed by atoms with van der Waals surface area (Å²) in [5, 5.41) is 1.00. The Morgan fingerprint density at radius 3 is 2.48 bits per heavy atom. The van der Waals surface area contributed by atoms with Gasteiger partial charge in [-0.25, -0.2) is 0 Å². The molecule has 27 heavy (non-hydrogen) atoms. The van der Waals surface area contributed by atoms with Crippen LogP contribution < -0.4 is 9.47 Å². The third-order valence-corrected chi connectivity index (χ3v) is 4.57. The van der Waals surface area contributed by atoms with Crippen LogP contribution in [0, 0.1) is 6.07 Å². The van der Waals surface area contributed by atoms with Crippen molar-refractivity contribution in [2.45, 2.75) is 0 Å². The summed E-state index contributed by atoms with van der Waals surface area (Å²) in [6, 6.07) is 24.0. The van der Waals surface area contributed by atoms with Gasteiger partial charge in [-0.05, 0) is 30.3 Å². The van der Waals surface area contributed by atoms with Gasteiger partial charge in [0.05, 0.1) is 31.0 Å². The largest absolute Gasteiger partial charge is 0.497 e. The normalized spacial score (nSPS) is 10.7. The Kier molecular flexibility index (Phi) is 4.38. The molecule has 1 radical (unpaired) electrons. The van der Waals surface area contributed by atoms with E-state index in [-0.39, 0.29) is 5.78 Å². The van der Waals surface area contributed by atoms with Crippen LogP contribution in [-0.4, -0.2) is 24.6 Å². The van der Waals surface area contributed by atoms with Gasteiger partial charge in [-0.1, -0.05) is 30.3 Å². The minimum atomic E-state index is -0.108. The number of fused-ring (bicyclic) bond motifs is 1. The van der Waals surface area contributed by atoms with Crippen molar-refractivity contribution in [1.29, 1.82) is 0 Å². The summed E-state index contributed by atoms with van der Waals surface area (Å²) < 4.78 is 12.6. The number of hydrogen-bond acceptors (Lipinski definition) is 3. The van der Waals surface area contributed by atoms with Crippen LogP contribution in [0.25, 0.3) is 16.6 Å². The van der Waals surface area contributed by atoms with Crippen LogP contribution in [0.15, 0.2) is 72.9 Å². The molecule has 4 aromatic rings.